The van der Waals surface area contributed by atoms with E-state index < -0.39 is 0 Å². The SMILES string of the molecule is N#C/C(=C\c1c(Cl)cccc1Cl)c1nc2ccccc2n1Cc1ccc(Cl)cc1Cl. The van der Waals surface area contributed by atoms with Gasteiger partial charge in [0.15, 0.2) is 5.82 Å². The van der Waals surface area contributed by atoms with Crippen LogP contribution in [0.4, 0.5) is 0 Å². The number of rotatable bonds is 4. The summed E-state index contributed by atoms with van der Waals surface area (Å²) in [6.07, 6.45) is 1.66. The number of hydrogen-bond donors (Lipinski definition) is 0. The minimum absolute atomic E-state index is 0.339. The molecule has 7 heteroatoms. The monoisotopic (exact) mass is 471 g/mol. The average molecular weight is 473 g/mol. The van der Waals surface area contributed by atoms with E-state index in [9.17, 15) is 5.26 Å². The third kappa shape index (κ3) is 4.05. The predicted octanol–water partition coefficient (Wildman–Crippen LogP) is 7.76. The van der Waals surface area contributed by atoms with Gasteiger partial charge in [-0.05, 0) is 48.0 Å². The van der Waals surface area contributed by atoms with Gasteiger partial charge in [0.1, 0.15) is 6.07 Å². The number of nitrogens with zero attached hydrogens (tertiary/aromatic N) is 3. The van der Waals surface area contributed by atoms with Gasteiger partial charge in [0.05, 0.1) is 23.2 Å². The summed E-state index contributed by atoms with van der Waals surface area (Å²) in [4.78, 5) is 4.70. The van der Waals surface area contributed by atoms with Crippen molar-refractivity contribution in [3.8, 4) is 6.07 Å². The lowest BCUT2D eigenvalue weighted by atomic mass is 10.1. The number of aromatic nitrogens is 2. The van der Waals surface area contributed by atoms with Crippen LogP contribution in [0.25, 0.3) is 22.7 Å². The Bertz CT molecular complexity index is 1310. The van der Waals surface area contributed by atoms with Crippen LogP contribution in [0.15, 0.2) is 60.7 Å². The maximum atomic E-state index is 9.93. The predicted molar refractivity (Wildman–Crippen MR) is 125 cm³/mol. The van der Waals surface area contributed by atoms with Crippen LogP contribution < -0.4 is 0 Å². The van der Waals surface area contributed by atoms with Crippen molar-refractivity contribution in [3.05, 3.63) is 97.7 Å². The Hall–Kier alpha value is -2.48. The van der Waals surface area contributed by atoms with Gasteiger partial charge in [-0.25, -0.2) is 4.98 Å². The van der Waals surface area contributed by atoms with Crippen LogP contribution in [0.3, 0.4) is 0 Å². The molecular weight excluding hydrogens is 460 g/mol. The summed E-state index contributed by atoms with van der Waals surface area (Å²) in [7, 11) is 0. The van der Waals surface area contributed by atoms with E-state index in [4.69, 9.17) is 51.4 Å². The largest absolute Gasteiger partial charge is 0.319 e. The lowest BCUT2D eigenvalue weighted by Gasteiger charge is -2.11. The van der Waals surface area contributed by atoms with Gasteiger partial charge < -0.3 is 4.57 Å². The zero-order chi connectivity index (χ0) is 21.3. The zero-order valence-corrected chi connectivity index (χ0v) is 18.4. The zero-order valence-electron chi connectivity index (χ0n) is 15.4. The number of halogens is 4. The van der Waals surface area contributed by atoms with Gasteiger partial charge in [0, 0.05) is 25.7 Å². The molecule has 0 aliphatic heterocycles. The molecule has 3 nitrogen and oxygen atoms in total. The number of nitriles is 1. The van der Waals surface area contributed by atoms with Crippen LogP contribution in [0.5, 0.6) is 0 Å². The van der Waals surface area contributed by atoms with Crippen LogP contribution in [-0.2, 0) is 6.54 Å². The Labute approximate surface area is 193 Å². The maximum absolute atomic E-state index is 9.93. The topological polar surface area (TPSA) is 41.6 Å². The third-order valence-corrected chi connectivity index (χ3v) is 5.89. The summed E-state index contributed by atoms with van der Waals surface area (Å²) in [6.45, 7) is 0.418. The summed E-state index contributed by atoms with van der Waals surface area (Å²) < 4.78 is 1.95. The second kappa shape index (κ2) is 8.71. The summed E-state index contributed by atoms with van der Waals surface area (Å²) in [5.74, 6) is 0.501. The van der Waals surface area contributed by atoms with Gasteiger partial charge in [0.2, 0.25) is 0 Å². The van der Waals surface area contributed by atoms with Gasteiger partial charge in [-0.3, -0.25) is 0 Å². The fourth-order valence-corrected chi connectivity index (χ4v) is 4.18. The molecule has 30 heavy (non-hydrogen) atoms. The van der Waals surface area contributed by atoms with Crippen LogP contribution >= 0.6 is 46.4 Å². The molecular formula is C23H13Cl4N3. The summed E-state index contributed by atoms with van der Waals surface area (Å²) in [5, 5.41) is 11.9. The lowest BCUT2D eigenvalue weighted by Crippen LogP contribution is -2.05. The average Bonchev–Trinajstić information content (AvgIpc) is 3.08. The Kier molecular flexibility index (Phi) is 6.04. The van der Waals surface area contributed by atoms with Crippen molar-refractivity contribution in [3.63, 3.8) is 0 Å². The number of para-hydroxylation sites is 2. The molecule has 1 aromatic heterocycles. The fraction of sp³-hybridized carbons (Fsp3) is 0.0435. The quantitative estimate of drug-likeness (QED) is 0.284. The molecule has 0 aliphatic carbocycles. The molecule has 1 heterocycles. The summed E-state index contributed by atoms with van der Waals surface area (Å²) in [5.41, 5.74) is 3.42. The van der Waals surface area contributed by atoms with Crippen molar-refractivity contribution in [2.45, 2.75) is 6.54 Å². The van der Waals surface area contributed by atoms with Crippen molar-refractivity contribution in [2.75, 3.05) is 0 Å². The minimum atomic E-state index is 0.339. The molecule has 148 valence electrons. The molecule has 0 N–H and O–H groups in total. The van der Waals surface area contributed by atoms with Crippen LogP contribution in [-0.4, -0.2) is 9.55 Å². The molecule has 3 aromatic carbocycles. The molecule has 0 unspecified atom stereocenters. The Morgan fingerprint density at radius 3 is 2.37 bits per heavy atom. The smallest absolute Gasteiger partial charge is 0.152 e. The van der Waals surface area contributed by atoms with Crippen LogP contribution in [0.2, 0.25) is 20.1 Å². The Balaban J connectivity index is 1.91. The van der Waals surface area contributed by atoms with E-state index in [1.165, 1.54) is 0 Å². The standard InChI is InChI=1S/C23H13Cl4N3/c24-16-9-8-14(20(27)11-16)13-30-22-7-2-1-6-21(22)29-23(30)15(12-28)10-17-18(25)4-3-5-19(17)26/h1-11H,13H2/b15-10+. The van der Waals surface area contributed by atoms with Crippen LogP contribution in [0, 0.1) is 11.3 Å². The molecule has 0 saturated heterocycles. The van der Waals surface area contributed by atoms with Crippen molar-refractivity contribution in [1.29, 1.82) is 5.26 Å². The Morgan fingerprint density at radius 2 is 1.67 bits per heavy atom. The number of fused-ring (bicyclic) bond motifs is 1. The number of allylic oxidation sites excluding steroid dienone is 1. The second-order valence-corrected chi connectivity index (χ2v) is 8.21. The first kappa shape index (κ1) is 20.8. The van der Waals surface area contributed by atoms with Crippen molar-refractivity contribution < 1.29 is 0 Å². The molecule has 0 radical (unpaired) electrons. The fourth-order valence-electron chi connectivity index (χ4n) is 3.20. The minimum Gasteiger partial charge on any atom is -0.319 e. The number of hydrogen-bond acceptors (Lipinski definition) is 2. The first-order valence-electron chi connectivity index (χ1n) is 8.93. The highest BCUT2D eigenvalue weighted by Crippen LogP contribution is 2.31. The van der Waals surface area contributed by atoms with E-state index in [-0.39, 0.29) is 0 Å². The maximum Gasteiger partial charge on any atom is 0.152 e. The van der Waals surface area contributed by atoms with Gasteiger partial charge in [-0.15, -0.1) is 0 Å². The molecule has 4 rings (SSSR count). The van der Waals surface area contributed by atoms with Crippen molar-refractivity contribution in [1.82, 2.24) is 9.55 Å². The second-order valence-electron chi connectivity index (χ2n) is 6.55. The summed E-state index contributed by atoms with van der Waals surface area (Å²) in [6, 6.07) is 20.5. The third-order valence-electron chi connectivity index (χ3n) is 4.65. The van der Waals surface area contributed by atoms with E-state index in [1.807, 2.05) is 34.9 Å². The highest BCUT2D eigenvalue weighted by atomic mass is 35.5. The molecule has 0 fully saturated rings. The van der Waals surface area contributed by atoms with Gasteiger partial charge in [-0.2, -0.15) is 5.26 Å². The number of benzene rings is 3. The van der Waals surface area contributed by atoms with Gasteiger partial charge in [0.25, 0.3) is 0 Å². The van der Waals surface area contributed by atoms with E-state index in [1.54, 1.807) is 36.4 Å². The van der Waals surface area contributed by atoms with Gasteiger partial charge in [-0.1, -0.05) is 70.7 Å². The number of imidazole rings is 1. The van der Waals surface area contributed by atoms with E-state index in [2.05, 4.69) is 6.07 Å². The van der Waals surface area contributed by atoms with Crippen molar-refractivity contribution >= 4 is 69.1 Å². The lowest BCUT2D eigenvalue weighted by molar-refractivity contribution is 0.811. The van der Waals surface area contributed by atoms with Crippen molar-refractivity contribution in [2.24, 2.45) is 0 Å². The van der Waals surface area contributed by atoms with E-state index >= 15 is 0 Å². The van der Waals surface area contributed by atoms with Crippen LogP contribution in [0.1, 0.15) is 17.0 Å². The molecule has 0 spiro atoms. The molecule has 0 aliphatic rings. The normalized spacial score (nSPS) is 11.6. The van der Waals surface area contributed by atoms with E-state index in [0.717, 1.165) is 16.6 Å². The van der Waals surface area contributed by atoms with Gasteiger partial charge >= 0.3 is 0 Å². The molecule has 0 amide bonds. The molecule has 4 aromatic rings. The highest BCUT2D eigenvalue weighted by Gasteiger charge is 2.17. The highest BCUT2D eigenvalue weighted by molar-refractivity contribution is 6.37. The molecule has 0 atom stereocenters. The Morgan fingerprint density at radius 1 is 0.933 bits per heavy atom. The molecule has 0 bridgehead atoms. The first-order valence-corrected chi connectivity index (χ1v) is 10.4. The first-order chi connectivity index (χ1) is 14.5. The van der Waals surface area contributed by atoms with E-state index in [0.29, 0.717) is 43.6 Å². The summed E-state index contributed by atoms with van der Waals surface area (Å²) >= 11 is 25.1. The molecule has 0 saturated carbocycles.